The van der Waals surface area contributed by atoms with E-state index in [2.05, 4.69) is 5.32 Å². The maximum Gasteiger partial charge on any atom is 0.0480 e. The average molecular weight is 276 g/mol. The van der Waals surface area contributed by atoms with Crippen molar-refractivity contribution in [3.05, 3.63) is 33.8 Å². The summed E-state index contributed by atoms with van der Waals surface area (Å²) in [5, 5.41) is 4.73. The minimum Gasteiger partial charge on any atom is -0.382 e. The molecule has 0 saturated carbocycles. The lowest BCUT2D eigenvalue weighted by molar-refractivity contribution is 0.137. The van der Waals surface area contributed by atoms with Gasteiger partial charge in [0.25, 0.3) is 0 Å². The minimum atomic E-state index is 0.332. The quantitative estimate of drug-likeness (QED) is 0.769. The molecule has 0 bridgehead atoms. The van der Waals surface area contributed by atoms with Crippen molar-refractivity contribution < 1.29 is 4.74 Å². The highest BCUT2D eigenvalue weighted by atomic mass is 35.5. The standard InChI is InChI=1S/C13H19Cl2NO/c1-3-17-8-7-10(16-2)9-11-12(14)5-4-6-13(11)15/h4-6,10,16H,3,7-9H2,1-2H3. The van der Waals surface area contributed by atoms with E-state index in [4.69, 9.17) is 27.9 Å². The van der Waals surface area contributed by atoms with Gasteiger partial charge >= 0.3 is 0 Å². The molecule has 1 aromatic carbocycles. The van der Waals surface area contributed by atoms with E-state index < -0.39 is 0 Å². The number of nitrogens with one attached hydrogen (secondary N) is 1. The van der Waals surface area contributed by atoms with E-state index in [-0.39, 0.29) is 0 Å². The minimum absolute atomic E-state index is 0.332. The van der Waals surface area contributed by atoms with Crippen LogP contribution in [0, 0.1) is 0 Å². The van der Waals surface area contributed by atoms with Crippen molar-refractivity contribution in [1.82, 2.24) is 5.32 Å². The molecule has 0 radical (unpaired) electrons. The molecule has 0 amide bonds. The second-order valence-electron chi connectivity index (χ2n) is 3.88. The Hall–Kier alpha value is -0.280. The third kappa shape index (κ3) is 4.84. The Kier molecular flexibility index (Phi) is 6.90. The van der Waals surface area contributed by atoms with E-state index in [1.54, 1.807) is 0 Å². The monoisotopic (exact) mass is 275 g/mol. The SMILES string of the molecule is CCOCCC(Cc1c(Cl)cccc1Cl)NC. The Morgan fingerprint density at radius 2 is 1.94 bits per heavy atom. The van der Waals surface area contributed by atoms with Crippen molar-refractivity contribution in [3.63, 3.8) is 0 Å². The molecule has 1 atom stereocenters. The first kappa shape index (κ1) is 14.8. The van der Waals surface area contributed by atoms with Gasteiger partial charge in [-0.25, -0.2) is 0 Å². The summed E-state index contributed by atoms with van der Waals surface area (Å²) in [6.45, 7) is 3.51. The fourth-order valence-electron chi connectivity index (χ4n) is 1.69. The fraction of sp³-hybridized carbons (Fsp3) is 0.538. The molecule has 0 heterocycles. The summed E-state index contributed by atoms with van der Waals surface area (Å²) in [7, 11) is 1.95. The van der Waals surface area contributed by atoms with Crippen LogP contribution in [0.5, 0.6) is 0 Å². The second kappa shape index (κ2) is 7.93. The van der Waals surface area contributed by atoms with Crippen LogP contribution in [0.4, 0.5) is 0 Å². The lowest BCUT2D eigenvalue weighted by Crippen LogP contribution is -2.29. The molecule has 4 heteroatoms. The van der Waals surface area contributed by atoms with Gasteiger partial charge < -0.3 is 10.1 Å². The summed E-state index contributed by atoms with van der Waals surface area (Å²) in [4.78, 5) is 0. The van der Waals surface area contributed by atoms with E-state index in [0.29, 0.717) is 6.04 Å². The van der Waals surface area contributed by atoms with Crippen LogP contribution in [0.1, 0.15) is 18.9 Å². The van der Waals surface area contributed by atoms with E-state index in [0.717, 1.165) is 41.7 Å². The smallest absolute Gasteiger partial charge is 0.0480 e. The summed E-state index contributed by atoms with van der Waals surface area (Å²) in [6.07, 6.45) is 1.77. The van der Waals surface area contributed by atoms with E-state index >= 15 is 0 Å². The highest BCUT2D eigenvalue weighted by Crippen LogP contribution is 2.25. The van der Waals surface area contributed by atoms with Gasteiger partial charge in [-0.05, 0) is 44.5 Å². The molecule has 0 aliphatic rings. The lowest BCUT2D eigenvalue weighted by atomic mass is 10.0. The maximum atomic E-state index is 6.15. The molecule has 0 fully saturated rings. The topological polar surface area (TPSA) is 21.3 Å². The van der Waals surface area contributed by atoms with Gasteiger partial charge in [0.2, 0.25) is 0 Å². The van der Waals surface area contributed by atoms with Crippen LogP contribution in [-0.4, -0.2) is 26.3 Å². The highest BCUT2D eigenvalue weighted by molar-refractivity contribution is 6.35. The number of ether oxygens (including phenoxy) is 1. The zero-order chi connectivity index (χ0) is 12.7. The molecule has 1 unspecified atom stereocenters. The Balaban J connectivity index is 2.60. The van der Waals surface area contributed by atoms with Crippen molar-refractivity contribution in [2.75, 3.05) is 20.3 Å². The van der Waals surface area contributed by atoms with Crippen molar-refractivity contribution >= 4 is 23.2 Å². The third-order valence-corrected chi connectivity index (χ3v) is 3.44. The fourth-order valence-corrected chi connectivity index (χ4v) is 2.24. The lowest BCUT2D eigenvalue weighted by Gasteiger charge is -2.17. The summed E-state index contributed by atoms with van der Waals surface area (Å²) in [5.74, 6) is 0. The van der Waals surface area contributed by atoms with Gasteiger partial charge in [0.1, 0.15) is 0 Å². The van der Waals surface area contributed by atoms with Crippen molar-refractivity contribution in [1.29, 1.82) is 0 Å². The number of hydrogen-bond acceptors (Lipinski definition) is 2. The number of likely N-dealkylation sites (N-methyl/N-ethyl adjacent to an activating group) is 1. The molecule has 0 spiro atoms. The van der Waals surface area contributed by atoms with Crippen LogP contribution in [0.3, 0.4) is 0 Å². The van der Waals surface area contributed by atoms with E-state index in [1.165, 1.54) is 0 Å². The Morgan fingerprint density at radius 1 is 1.29 bits per heavy atom. The van der Waals surface area contributed by atoms with E-state index in [1.807, 2.05) is 32.2 Å². The van der Waals surface area contributed by atoms with Gasteiger partial charge in [-0.3, -0.25) is 0 Å². The molecule has 1 N–H and O–H groups in total. The average Bonchev–Trinajstić information content (AvgIpc) is 2.32. The largest absolute Gasteiger partial charge is 0.382 e. The first-order chi connectivity index (χ1) is 8.19. The Labute approximate surface area is 113 Å². The molecule has 2 nitrogen and oxygen atoms in total. The molecule has 0 aliphatic heterocycles. The molecule has 17 heavy (non-hydrogen) atoms. The maximum absolute atomic E-state index is 6.15. The molecular formula is C13H19Cl2NO. The molecule has 0 saturated heterocycles. The summed E-state index contributed by atoms with van der Waals surface area (Å²) in [5.41, 5.74) is 1.01. The Bertz CT molecular complexity index is 324. The molecule has 1 aromatic rings. The van der Waals surface area contributed by atoms with E-state index in [9.17, 15) is 0 Å². The predicted octanol–water partition coefficient (Wildman–Crippen LogP) is 3.55. The van der Waals surface area contributed by atoms with Gasteiger partial charge in [0.15, 0.2) is 0 Å². The molecule has 0 aromatic heterocycles. The van der Waals surface area contributed by atoms with Crippen molar-refractivity contribution in [3.8, 4) is 0 Å². The number of hydrogen-bond donors (Lipinski definition) is 1. The molecule has 0 aliphatic carbocycles. The van der Waals surface area contributed by atoms with Gasteiger partial charge in [-0.2, -0.15) is 0 Å². The number of benzene rings is 1. The summed E-state index contributed by atoms with van der Waals surface area (Å²) >= 11 is 12.3. The van der Waals surface area contributed by atoms with Gasteiger partial charge in [0.05, 0.1) is 0 Å². The van der Waals surface area contributed by atoms with Gasteiger partial charge in [0, 0.05) is 29.3 Å². The highest BCUT2D eigenvalue weighted by Gasteiger charge is 2.12. The van der Waals surface area contributed by atoms with Crippen LogP contribution in [0.25, 0.3) is 0 Å². The summed E-state index contributed by atoms with van der Waals surface area (Å²) in [6, 6.07) is 5.94. The summed E-state index contributed by atoms with van der Waals surface area (Å²) < 4.78 is 5.36. The van der Waals surface area contributed by atoms with Crippen LogP contribution in [0.15, 0.2) is 18.2 Å². The van der Waals surface area contributed by atoms with Gasteiger partial charge in [-0.1, -0.05) is 29.3 Å². The van der Waals surface area contributed by atoms with Crippen molar-refractivity contribution in [2.45, 2.75) is 25.8 Å². The molecule has 96 valence electrons. The molecule has 1 rings (SSSR count). The van der Waals surface area contributed by atoms with Crippen LogP contribution in [-0.2, 0) is 11.2 Å². The number of halogens is 2. The predicted molar refractivity (Wildman–Crippen MR) is 74.1 cm³/mol. The van der Waals surface area contributed by atoms with Crippen LogP contribution in [0.2, 0.25) is 10.0 Å². The first-order valence-corrected chi connectivity index (χ1v) is 6.62. The van der Waals surface area contributed by atoms with Crippen LogP contribution < -0.4 is 5.32 Å². The van der Waals surface area contributed by atoms with Crippen molar-refractivity contribution in [2.24, 2.45) is 0 Å². The third-order valence-electron chi connectivity index (χ3n) is 2.74. The van der Waals surface area contributed by atoms with Gasteiger partial charge in [-0.15, -0.1) is 0 Å². The molecular weight excluding hydrogens is 257 g/mol. The first-order valence-electron chi connectivity index (χ1n) is 5.87. The van der Waals surface area contributed by atoms with Crippen LogP contribution >= 0.6 is 23.2 Å². The zero-order valence-corrected chi connectivity index (χ0v) is 11.8. The normalized spacial score (nSPS) is 12.7. The number of rotatable bonds is 7. The Morgan fingerprint density at radius 3 is 2.47 bits per heavy atom. The second-order valence-corrected chi connectivity index (χ2v) is 4.69. The zero-order valence-electron chi connectivity index (χ0n) is 10.3.